The number of carboxylic acid groups (broad SMARTS) is 1. The number of phenols is 1. The third-order valence-electron chi connectivity index (χ3n) is 5.49. The van der Waals surface area contributed by atoms with E-state index in [4.69, 9.17) is 23.2 Å². The fourth-order valence-electron chi connectivity index (χ4n) is 3.77. The van der Waals surface area contributed by atoms with E-state index in [9.17, 15) is 19.8 Å². The van der Waals surface area contributed by atoms with Gasteiger partial charge >= 0.3 is 5.97 Å². The first-order valence-corrected chi connectivity index (χ1v) is 10.1. The first kappa shape index (κ1) is 22.1. The lowest BCUT2D eigenvalue weighted by Gasteiger charge is -2.20. The normalized spacial score (nSPS) is 13.4. The average Bonchev–Trinajstić information content (AvgIpc) is 2.98. The number of phenolic OH excluding ortho intramolecular Hbond substituents is 1. The van der Waals surface area contributed by atoms with Gasteiger partial charge in [-0.25, -0.2) is 4.39 Å². The van der Waals surface area contributed by atoms with Crippen molar-refractivity contribution in [3.63, 3.8) is 0 Å². The molecule has 0 bridgehead atoms. The van der Waals surface area contributed by atoms with Crippen LogP contribution in [-0.4, -0.2) is 26.7 Å². The van der Waals surface area contributed by atoms with Gasteiger partial charge in [-0.3, -0.25) is 14.2 Å². The zero-order chi connectivity index (χ0) is 22.3. The van der Waals surface area contributed by atoms with Crippen LogP contribution in [0.25, 0.3) is 10.9 Å². The summed E-state index contributed by atoms with van der Waals surface area (Å²) in [6.45, 7) is 5.16. The molecule has 0 saturated carbocycles. The fourth-order valence-corrected chi connectivity index (χ4v) is 4.07. The Morgan fingerprint density at radius 2 is 1.83 bits per heavy atom. The van der Waals surface area contributed by atoms with E-state index in [2.05, 4.69) is 0 Å². The number of carbonyl (C=O) groups is 2. The summed E-state index contributed by atoms with van der Waals surface area (Å²) >= 11 is 12.0. The summed E-state index contributed by atoms with van der Waals surface area (Å²) in [7, 11) is 0. The van der Waals surface area contributed by atoms with Gasteiger partial charge < -0.3 is 10.2 Å². The highest BCUT2D eigenvalue weighted by Gasteiger charge is 2.34. The molecule has 8 heteroatoms. The fraction of sp³-hybridized carbons (Fsp3) is 0.273. The summed E-state index contributed by atoms with van der Waals surface area (Å²) in [6.07, 6.45) is 0.532. The molecule has 0 aliphatic heterocycles. The van der Waals surface area contributed by atoms with Crippen molar-refractivity contribution in [3.8, 4) is 5.75 Å². The van der Waals surface area contributed by atoms with E-state index in [1.807, 2.05) is 6.92 Å². The van der Waals surface area contributed by atoms with Gasteiger partial charge in [0.05, 0.1) is 21.5 Å². The SMILES string of the molecule is CC[C@@H](C)C(C(=O)O)c1c(C)n(C(=O)c2ccc(Cl)c(Cl)c2)c2ccc(O)c(F)c12. The maximum absolute atomic E-state index is 15.0. The molecule has 0 aliphatic carbocycles. The van der Waals surface area contributed by atoms with Crippen LogP contribution in [0.3, 0.4) is 0 Å². The predicted molar refractivity (Wildman–Crippen MR) is 114 cm³/mol. The van der Waals surface area contributed by atoms with Crippen LogP contribution in [-0.2, 0) is 4.79 Å². The first-order chi connectivity index (χ1) is 14.1. The predicted octanol–water partition coefficient (Wildman–Crippen LogP) is 6.00. The van der Waals surface area contributed by atoms with Crippen LogP contribution in [0, 0.1) is 18.7 Å². The Balaban J connectivity index is 2.38. The number of aromatic hydroxyl groups is 1. The second-order valence-corrected chi connectivity index (χ2v) is 8.08. The van der Waals surface area contributed by atoms with E-state index < -0.39 is 29.4 Å². The number of hydrogen-bond donors (Lipinski definition) is 2. The second kappa shape index (κ2) is 8.28. The molecule has 0 amide bonds. The van der Waals surface area contributed by atoms with Gasteiger partial charge in [0.15, 0.2) is 11.6 Å². The van der Waals surface area contributed by atoms with Crippen molar-refractivity contribution < 1.29 is 24.2 Å². The maximum atomic E-state index is 15.0. The highest BCUT2D eigenvalue weighted by atomic mass is 35.5. The van der Waals surface area contributed by atoms with Crippen LogP contribution >= 0.6 is 23.2 Å². The van der Waals surface area contributed by atoms with Crippen LogP contribution in [0.2, 0.25) is 10.0 Å². The molecule has 5 nitrogen and oxygen atoms in total. The van der Waals surface area contributed by atoms with Crippen molar-refractivity contribution in [2.45, 2.75) is 33.1 Å². The highest BCUT2D eigenvalue weighted by Crippen LogP contribution is 2.40. The van der Waals surface area contributed by atoms with Crippen LogP contribution in [0.15, 0.2) is 30.3 Å². The number of nitrogens with zero attached hydrogens (tertiary/aromatic N) is 1. The van der Waals surface area contributed by atoms with E-state index in [-0.39, 0.29) is 38.0 Å². The highest BCUT2D eigenvalue weighted by molar-refractivity contribution is 6.42. The molecule has 2 N–H and O–H groups in total. The summed E-state index contributed by atoms with van der Waals surface area (Å²) in [5.74, 6) is -4.60. The van der Waals surface area contributed by atoms with Gasteiger partial charge in [0.2, 0.25) is 0 Å². The van der Waals surface area contributed by atoms with E-state index in [0.717, 1.165) is 6.07 Å². The van der Waals surface area contributed by atoms with Crippen LogP contribution < -0.4 is 0 Å². The van der Waals surface area contributed by atoms with Crippen molar-refractivity contribution in [1.29, 1.82) is 0 Å². The summed E-state index contributed by atoms with van der Waals surface area (Å²) in [4.78, 5) is 25.4. The quantitative estimate of drug-likeness (QED) is 0.498. The second-order valence-electron chi connectivity index (χ2n) is 7.26. The van der Waals surface area contributed by atoms with Crippen molar-refractivity contribution >= 4 is 46.0 Å². The molecule has 3 rings (SSSR count). The van der Waals surface area contributed by atoms with Crippen LogP contribution in [0.5, 0.6) is 5.75 Å². The molecular formula is C22H20Cl2FNO4. The largest absolute Gasteiger partial charge is 0.505 e. The minimum Gasteiger partial charge on any atom is -0.505 e. The molecule has 0 spiro atoms. The van der Waals surface area contributed by atoms with Crippen molar-refractivity contribution in [1.82, 2.24) is 4.57 Å². The Bertz CT molecular complexity index is 1170. The van der Waals surface area contributed by atoms with Crippen molar-refractivity contribution in [2.24, 2.45) is 5.92 Å². The Morgan fingerprint density at radius 1 is 1.17 bits per heavy atom. The van der Waals surface area contributed by atoms with Gasteiger partial charge in [0.25, 0.3) is 5.91 Å². The third-order valence-corrected chi connectivity index (χ3v) is 6.23. The van der Waals surface area contributed by atoms with Gasteiger partial charge in [-0.05, 0) is 48.7 Å². The number of benzene rings is 2. The average molecular weight is 452 g/mol. The summed E-state index contributed by atoms with van der Waals surface area (Å²) in [6, 6.07) is 6.90. The standard InChI is InChI=1S/C22H20Cl2FNO4/c1-4-10(2)17(22(29)30)18-11(3)26(15-7-8-16(27)20(25)19(15)18)21(28)12-5-6-13(23)14(24)9-12/h5-10,17,27H,4H2,1-3H3,(H,29,30)/t10-,17?/m1/s1. The number of carbonyl (C=O) groups excluding carboxylic acids is 1. The molecule has 1 unspecified atom stereocenters. The number of hydrogen-bond acceptors (Lipinski definition) is 3. The molecule has 1 aromatic heterocycles. The molecule has 2 aromatic carbocycles. The zero-order valence-electron chi connectivity index (χ0n) is 16.5. The van der Waals surface area contributed by atoms with E-state index in [1.165, 1.54) is 28.8 Å². The van der Waals surface area contributed by atoms with Gasteiger partial charge in [-0.2, -0.15) is 0 Å². The molecule has 0 saturated heterocycles. The number of halogens is 3. The number of aromatic nitrogens is 1. The number of carboxylic acids is 1. The van der Waals surface area contributed by atoms with E-state index >= 15 is 4.39 Å². The zero-order valence-corrected chi connectivity index (χ0v) is 18.1. The van der Waals surface area contributed by atoms with Gasteiger partial charge in [-0.1, -0.05) is 43.5 Å². The lowest BCUT2D eigenvalue weighted by Crippen LogP contribution is -2.21. The van der Waals surface area contributed by atoms with Crippen molar-refractivity contribution in [3.05, 3.63) is 63.0 Å². The smallest absolute Gasteiger partial charge is 0.311 e. The maximum Gasteiger partial charge on any atom is 0.311 e. The lowest BCUT2D eigenvalue weighted by atomic mass is 9.84. The van der Waals surface area contributed by atoms with E-state index in [0.29, 0.717) is 12.1 Å². The third kappa shape index (κ3) is 3.55. The van der Waals surface area contributed by atoms with Gasteiger partial charge in [0, 0.05) is 16.6 Å². The van der Waals surface area contributed by atoms with Gasteiger partial charge in [-0.15, -0.1) is 0 Å². The first-order valence-electron chi connectivity index (χ1n) is 9.35. The molecule has 30 heavy (non-hydrogen) atoms. The monoisotopic (exact) mass is 451 g/mol. The summed E-state index contributed by atoms with van der Waals surface area (Å²) < 4.78 is 16.3. The molecule has 3 aromatic rings. The summed E-state index contributed by atoms with van der Waals surface area (Å²) in [5.41, 5.74) is 0.843. The Kier molecular flexibility index (Phi) is 6.11. The molecule has 0 fully saturated rings. The molecule has 0 aliphatic rings. The lowest BCUT2D eigenvalue weighted by molar-refractivity contribution is -0.140. The number of rotatable bonds is 5. The topological polar surface area (TPSA) is 79.5 Å². The van der Waals surface area contributed by atoms with Crippen molar-refractivity contribution in [2.75, 3.05) is 0 Å². The Morgan fingerprint density at radius 3 is 2.40 bits per heavy atom. The van der Waals surface area contributed by atoms with Crippen LogP contribution in [0.4, 0.5) is 4.39 Å². The minimum atomic E-state index is -1.13. The molecule has 158 valence electrons. The molecule has 1 heterocycles. The minimum absolute atomic E-state index is 0.0754. The Labute approximate surface area is 182 Å². The summed E-state index contributed by atoms with van der Waals surface area (Å²) in [5, 5.41) is 20.2. The molecule has 2 atom stereocenters. The van der Waals surface area contributed by atoms with E-state index in [1.54, 1.807) is 13.8 Å². The number of fused-ring (bicyclic) bond motifs is 1. The Hall–Kier alpha value is -2.57. The number of aliphatic carboxylic acids is 1. The molecule has 0 radical (unpaired) electrons. The van der Waals surface area contributed by atoms with Crippen LogP contribution in [0.1, 0.15) is 47.8 Å². The van der Waals surface area contributed by atoms with Gasteiger partial charge in [0.1, 0.15) is 0 Å². The molecular weight excluding hydrogens is 432 g/mol.